The maximum atomic E-state index is 5.94. The Morgan fingerprint density at radius 1 is 1.29 bits per heavy atom. The van der Waals surface area contributed by atoms with E-state index in [-0.39, 0.29) is 6.04 Å². The Morgan fingerprint density at radius 3 is 2.67 bits per heavy atom. The first kappa shape index (κ1) is 18.6. The number of hydrogen-bond acceptors (Lipinski definition) is 4. The molecule has 2 rings (SSSR count). The van der Waals surface area contributed by atoms with Gasteiger partial charge in [0, 0.05) is 33.1 Å². The number of halogens is 3. The highest BCUT2D eigenvalue weighted by Gasteiger charge is 2.35. The van der Waals surface area contributed by atoms with E-state index in [9.17, 15) is 0 Å². The second-order valence-electron chi connectivity index (χ2n) is 5.49. The van der Waals surface area contributed by atoms with E-state index in [0.29, 0.717) is 12.0 Å². The van der Waals surface area contributed by atoms with Crippen molar-refractivity contribution in [3.05, 3.63) is 0 Å². The molecule has 1 N–H and O–H groups in total. The van der Waals surface area contributed by atoms with Crippen LogP contribution in [-0.4, -0.2) is 45.7 Å². The zero-order valence-electron chi connectivity index (χ0n) is 12.0. The van der Waals surface area contributed by atoms with Gasteiger partial charge < -0.3 is 10.1 Å². The van der Waals surface area contributed by atoms with Gasteiger partial charge in [0.25, 0.3) is 0 Å². The number of rotatable bonds is 6. The molecule has 0 amide bonds. The summed E-state index contributed by atoms with van der Waals surface area (Å²) in [6.07, 6.45) is 6.32. The van der Waals surface area contributed by atoms with Crippen molar-refractivity contribution in [3.63, 3.8) is 0 Å². The predicted molar refractivity (Wildman–Crippen MR) is 115 cm³/mol. The molecule has 0 aromatic heterocycles. The van der Waals surface area contributed by atoms with Gasteiger partial charge in [0.15, 0.2) is 0 Å². The molecule has 4 nitrogen and oxygen atoms in total. The largest absolute Gasteiger partial charge is 0.479 e. The third-order valence-corrected chi connectivity index (χ3v) is 5.99. The molecule has 1 saturated carbocycles. The fourth-order valence-electron chi connectivity index (χ4n) is 3.11. The first-order chi connectivity index (χ1) is 10.3. The molecular weight excluding hydrogens is 607 g/mol. The van der Waals surface area contributed by atoms with Gasteiger partial charge in [-0.1, -0.05) is 58.0 Å². The standard InChI is InChI=1S/C14H22I3N3O/c15-6-8-21-14-13(19-10-3-1-2-4-10)11(5-7-18-14)12(9-16)20-17/h10-11,13,19H,1-9H2. The van der Waals surface area contributed by atoms with Crippen LogP contribution in [0.3, 0.4) is 0 Å². The molecule has 2 atom stereocenters. The summed E-state index contributed by atoms with van der Waals surface area (Å²) >= 11 is 6.90. The highest BCUT2D eigenvalue weighted by molar-refractivity contribution is 14.1. The molecule has 21 heavy (non-hydrogen) atoms. The van der Waals surface area contributed by atoms with Crippen LogP contribution in [0.5, 0.6) is 0 Å². The molecule has 2 unspecified atom stereocenters. The third-order valence-electron chi connectivity index (χ3n) is 4.15. The van der Waals surface area contributed by atoms with Crippen LogP contribution in [0.2, 0.25) is 0 Å². The molecule has 120 valence electrons. The smallest absolute Gasteiger partial charge is 0.201 e. The van der Waals surface area contributed by atoms with Gasteiger partial charge in [-0.15, -0.1) is 0 Å². The van der Waals surface area contributed by atoms with Crippen LogP contribution >= 0.6 is 68.0 Å². The maximum Gasteiger partial charge on any atom is 0.201 e. The monoisotopic (exact) mass is 629 g/mol. The first-order valence-corrected chi connectivity index (χ1v) is 11.5. The highest BCUT2D eigenvalue weighted by atomic mass is 127. The topological polar surface area (TPSA) is 46.0 Å². The summed E-state index contributed by atoms with van der Waals surface area (Å²) in [5.74, 6) is 1.35. The Bertz CT molecular complexity index is 384. The lowest BCUT2D eigenvalue weighted by molar-refractivity contribution is 0.277. The zero-order valence-corrected chi connectivity index (χ0v) is 18.5. The molecule has 7 heteroatoms. The van der Waals surface area contributed by atoms with Crippen LogP contribution in [0, 0.1) is 5.92 Å². The minimum atomic E-state index is 0.216. The van der Waals surface area contributed by atoms with E-state index in [2.05, 4.69) is 81.6 Å². The Labute approximate surface area is 168 Å². The summed E-state index contributed by atoms with van der Waals surface area (Å²) in [7, 11) is 0. The first-order valence-electron chi connectivity index (χ1n) is 7.53. The average Bonchev–Trinajstić information content (AvgIpc) is 3.01. The second-order valence-corrected chi connectivity index (χ2v) is 7.81. The van der Waals surface area contributed by atoms with Crippen LogP contribution in [0.1, 0.15) is 32.1 Å². The normalized spacial score (nSPS) is 27.8. The van der Waals surface area contributed by atoms with E-state index in [4.69, 9.17) is 4.74 Å². The van der Waals surface area contributed by atoms with Gasteiger partial charge in [-0.3, -0.25) is 4.99 Å². The SMILES string of the molecule is ICCOC1=NCCC(C(CI)=NI)C1NC1CCCC1. The van der Waals surface area contributed by atoms with E-state index >= 15 is 0 Å². The minimum absolute atomic E-state index is 0.216. The molecule has 0 aromatic rings. The molecule has 0 spiro atoms. The van der Waals surface area contributed by atoms with Crippen LogP contribution in [0.4, 0.5) is 0 Å². The molecule has 1 heterocycles. The molecule has 0 saturated heterocycles. The Balaban J connectivity index is 2.12. The Morgan fingerprint density at radius 2 is 2.05 bits per heavy atom. The van der Waals surface area contributed by atoms with E-state index < -0.39 is 0 Å². The van der Waals surface area contributed by atoms with Gasteiger partial charge in [0.1, 0.15) is 0 Å². The van der Waals surface area contributed by atoms with Crippen molar-refractivity contribution >= 4 is 79.7 Å². The van der Waals surface area contributed by atoms with Crippen LogP contribution in [-0.2, 0) is 4.74 Å². The maximum absolute atomic E-state index is 5.94. The van der Waals surface area contributed by atoms with Crippen molar-refractivity contribution < 1.29 is 4.74 Å². The van der Waals surface area contributed by atoms with Gasteiger partial charge in [-0.2, -0.15) is 0 Å². The number of nitrogens with zero attached hydrogens (tertiary/aromatic N) is 2. The third kappa shape index (κ3) is 5.40. The van der Waals surface area contributed by atoms with Crippen molar-refractivity contribution in [1.29, 1.82) is 0 Å². The molecule has 0 bridgehead atoms. The van der Waals surface area contributed by atoms with Crippen molar-refractivity contribution in [1.82, 2.24) is 5.32 Å². The number of ether oxygens (including phenoxy) is 1. The number of nitrogens with one attached hydrogen (secondary N) is 1. The van der Waals surface area contributed by atoms with Crippen molar-refractivity contribution in [2.24, 2.45) is 14.1 Å². The summed E-state index contributed by atoms with van der Waals surface area (Å²) < 4.78 is 12.4. The minimum Gasteiger partial charge on any atom is -0.479 e. The lowest BCUT2D eigenvalue weighted by atomic mass is 9.88. The second kappa shape index (κ2) is 10.2. The van der Waals surface area contributed by atoms with Gasteiger partial charge in [-0.05, 0) is 19.3 Å². The summed E-state index contributed by atoms with van der Waals surface area (Å²) in [5.41, 5.74) is 1.28. The molecule has 0 aromatic carbocycles. The molecule has 0 radical (unpaired) electrons. The van der Waals surface area contributed by atoms with E-state index in [1.54, 1.807) is 0 Å². The number of aliphatic imine (C=N–C) groups is 1. The number of hydrogen-bond donors (Lipinski definition) is 1. The quantitative estimate of drug-likeness (QED) is 0.275. The molecule has 1 aliphatic heterocycles. The van der Waals surface area contributed by atoms with Crippen LogP contribution in [0.15, 0.2) is 8.20 Å². The van der Waals surface area contributed by atoms with Gasteiger partial charge >= 0.3 is 0 Å². The van der Waals surface area contributed by atoms with Gasteiger partial charge in [-0.25, -0.2) is 3.21 Å². The zero-order chi connectivity index (χ0) is 15.1. The van der Waals surface area contributed by atoms with Gasteiger partial charge in [0.05, 0.1) is 35.5 Å². The molecule has 1 aliphatic carbocycles. The Kier molecular flexibility index (Phi) is 9.06. The summed E-state index contributed by atoms with van der Waals surface area (Å²) in [4.78, 5) is 4.66. The predicted octanol–water partition coefficient (Wildman–Crippen LogP) is 3.98. The van der Waals surface area contributed by atoms with E-state index in [1.807, 2.05) is 0 Å². The van der Waals surface area contributed by atoms with E-state index in [0.717, 1.165) is 34.3 Å². The average molecular weight is 629 g/mol. The van der Waals surface area contributed by atoms with Crippen molar-refractivity contribution in [3.8, 4) is 0 Å². The summed E-state index contributed by atoms with van der Waals surface area (Å²) in [5, 5.41) is 3.83. The lowest BCUT2D eigenvalue weighted by Gasteiger charge is -2.34. The molecule has 2 aliphatic rings. The fraction of sp³-hybridized carbons (Fsp3) is 0.857. The Hall–Kier alpha value is 1.29. The van der Waals surface area contributed by atoms with Crippen LogP contribution in [0.25, 0.3) is 0 Å². The summed E-state index contributed by atoms with van der Waals surface area (Å²) in [6.45, 7) is 1.60. The lowest BCUT2D eigenvalue weighted by Crippen LogP contribution is -2.52. The van der Waals surface area contributed by atoms with Gasteiger partial charge in [0.2, 0.25) is 5.90 Å². The van der Waals surface area contributed by atoms with E-state index in [1.165, 1.54) is 31.4 Å². The van der Waals surface area contributed by atoms with Crippen molar-refractivity contribution in [2.45, 2.75) is 44.2 Å². The molecule has 1 fully saturated rings. The molecular formula is C14H22I3N3O. The highest BCUT2D eigenvalue weighted by Crippen LogP contribution is 2.25. The summed E-state index contributed by atoms with van der Waals surface area (Å²) in [6, 6.07) is 0.835. The van der Waals surface area contributed by atoms with Crippen LogP contribution < -0.4 is 5.32 Å². The fourth-order valence-corrected chi connectivity index (χ4v) is 5.24. The number of alkyl halides is 2. The van der Waals surface area contributed by atoms with Crippen molar-refractivity contribution in [2.75, 3.05) is 22.0 Å².